The molecule has 1 N–H and O–H groups in total. The number of nitrogens with zero attached hydrogens (tertiary/aromatic N) is 2. The zero-order valence-corrected chi connectivity index (χ0v) is 10.4. The highest BCUT2D eigenvalue weighted by Gasteiger charge is 2.32. The van der Waals surface area contributed by atoms with Crippen molar-refractivity contribution in [2.45, 2.75) is 0 Å². The largest absolute Gasteiger partial charge is 0.477 e. The maximum absolute atomic E-state index is 12.4. The van der Waals surface area contributed by atoms with Gasteiger partial charge in [-0.2, -0.15) is 0 Å². The molecule has 0 atom stereocenters. The van der Waals surface area contributed by atoms with Crippen molar-refractivity contribution in [3.8, 4) is 0 Å². The van der Waals surface area contributed by atoms with Gasteiger partial charge in [0, 0.05) is 17.3 Å². The van der Waals surface area contributed by atoms with Crippen molar-refractivity contribution >= 4 is 23.3 Å². The molecule has 1 aromatic carbocycles. The maximum Gasteiger partial charge on any atom is 0.354 e. The number of rotatable bonds is 2. The Morgan fingerprint density at radius 1 is 1.20 bits per heavy atom. The molecule has 1 aliphatic heterocycles. The zero-order valence-electron chi connectivity index (χ0n) is 10.4. The van der Waals surface area contributed by atoms with E-state index < -0.39 is 5.97 Å². The molecule has 0 spiro atoms. The van der Waals surface area contributed by atoms with Gasteiger partial charge in [0.05, 0.1) is 11.4 Å². The van der Waals surface area contributed by atoms with Crippen LogP contribution >= 0.6 is 0 Å². The number of pyridine rings is 1. The summed E-state index contributed by atoms with van der Waals surface area (Å²) in [6.45, 7) is 3.92. The zero-order chi connectivity index (χ0) is 14.3. The molecule has 20 heavy (non-hydrogen) atoms. The lowest BCUT2D eigenvalue weighted by Crippen LogP contribution is -2.22. The van der Waals surface area contributed by atoms with Gasteiger partial charge in [0.25, 0.3) is 5.91 Å². The van der Waals surface area contributed by atoms with Gasteiger partial charge in [-0.3, -0.25) is 9.69 Å². The van der Waals surface area contributed by atoms with Gasteiger partial charge >= 0.3 is 5.97 Å². The van der Waals surface area contributed by atoms with Gasteiger partial charge in [0.15, 0.2) is 0 Å². The third kappa shape index (κ3) is 1.68. The van der Waals surface area contributed by atoms with Crippen LogP contribution in [0.25, 0.3) is 5.70 Å². The number of carboxylic acids is 1. The van der Waals surface area contributed by atoms with E-state index in [9.17, 15) is 9.59 Å². The number of benzene rings is 1. The van der Waals surface area contributed by atoms with Gasteiger partial charge in [0.2, 0.25) is 0 Å². The molecule has 1 aromatic heterocycles. The van der Waals surface area contributed by atoms with Crippen LogP contribution in [0.1, 0.15) is 26.4 Å². The number of aromatic nitrogens is 1. The quantitative estimate of drug-likeness (QED) is 0.906. The lowest BCUT2D eigenvalue weighted by atomic mass is 10.1. The van der Waals surface area contributed by atoms with E-state index in [2.05, 4.69) is 11.6 Å². The Labute approximate surface area is 114 Å². The molecule has 2 heterocycles. The Balaban J connectivity index is 2.09. The SMILES string of the molecule is C=C1c2ccccc2C(=O)N1c1ccnc(C(=O)O)c1. The van der Waals surface area contributed by atoms with Crippen molar-refractivity contribution in [1.29, 1.82) is 0 Å². The molecule has 5 nitrogen and oxygen atoms in total. The summed E-state index contributed by atoms with van der Waals surface area (Å²) in [4.78, 5) is 28.5. The van der Waals surface area contributed by atoms with E-state index in [0.29, 0.717) is 16.9 Å². The fraction of sp³-hybridized carbons (Fsp3) is 0. The van der Waals surface area contributed by atoms with Crippen molar-refractivity contribution in [1.82, 2.24) is 4.98 Å². The predicted octanol–water partition coefficient (Wildman–Crippen LogP) is 2.41. The summed E-state index contributed by atoms with van der Waals surface area (Å²) in [5.74, 6) is -1.35. The molecule has 0 unspecified atom stereocenters. The van der Waals surface area contributed by atoms with E-state index in [1.54, 1.807) is 18.2 Å². The van der Waals surface area contributed by atoms with Crippen LogP contribution in [0.3, 0.4) is 0 Å². The number of carbonyl (C=O) groups is 2. The van der Waals surface area contributed by atoms with Crippen molar-refractivity contribution in [2.24, 2.45) is 0 Å². The normalized spacial score (nSPS) is 13.5. The Bertz CT molecular complexity index is 717. The van der Waals surface area contributed by atoms with E-state index in [4.69, 9.17) is 5.11 Å². The molecule has 0 radical (unpaired) electrons. The number of fused-ring (bicyclic) bond motifs is 1. The summed E-state index contributed by atoms with van der Waals surface area (Å²) in [5, 5.41) is 8.97. The van der Waals surface area contributed by atoms with E-state index in [1.165, 1.54) is 17.2 Å². The summed E-state index contributed by atoms with van der Waals surface area (Å²) in [5.41, 5.74) is 2.19. The average molecular weight is 266 g/mol. The van der Waals surface area contributed by atoms with E-state index in [-0.39, 0.29) is 11.6 Å². The third-order valence-electron chi connectivity index (χ3n) is 3.16. The van der Waals surface area contributed by atoms with Crippen LogP contribution in [0.2, 0.25) is 0 Å². The third-order valence-corrected chi connectivity index (χ3v) is 3.16. The van der Waals surface area contributed by atoms with E-state index >= 15 is 0 Å². The molecule has 0 aliphatic carbocycles. The Hall–Kier alpha value is -2.95. The van der Waals surface area contributed by atoms with Crippen molar-refractivity contribution < 1.29 is 14.7 Å². The Morgan fingerprint density at radius 2 is 1.90 bits per heavy atom. The van der Waals surface area contributed by atoms with Gasteiger partial charge < -0.3 is 5.11 Å². The first-order valence-corrected chi connectivity index (χ1v) is 5.91. The molecule has 98 valence electrons. The molecule has 0 saturated carbocycles. The smallest absolute Gasteiger partial charge is 0.354 e. The average Bonchev–Trinajstić information content (AvgIpc) is 2.72. The molecule has 5 heteroatoms. The fourth-order valence-corrected chi connectivity index (χ4v) is 2.23. The molecule has 2 aromatic rings. The Kier molecular flexibility index (Phi) is 2.61. The van der Waals surface area contributed by atoms with Crippen LogP contribution in [-0.4, -0.2) is 22.0 Å². The van der Waals surface area contributed by atoms with Crippen LogP contribution in [0.4, 0.5) is 5.69 Å². The molecule has 1 amide bonds. The molecule has 3 rings (SSSR count). The number of hydrogen-bond donors (Lipinski definition) is 1. The standard InChI is InChI=1S/C15H10N2O3/c1-9-11-4-2-3-5-12(11)14(18)17(9)10-6-7-16-13(8-10)15(19)20/h2-8H,1H2,(H,19,20). The van der Waals surface area contributed by atoms with Crippen molar-refractivity contribution in [2.75, 3.05) is 4.90 Å². The summed E-state index contributed by atoms with van der Waals surface area (Å²) in [6.07, 6.45) is 1.36. The number of anilines is 1. The van der Waals surface area contributed by atoms with Gasteiger partial charge in [-0.05, 0) is 18.2 Å². The molecular weight excluding hydrogens is 256 g/mol. The predicted molar refractivity (Wildman–Crippen MR) is 73.5 cm³/mol. The topological polar surface area (TPSA) is 70.5 Å². The van der Waals surface area contributed by atoms with Gasteiger partial charge in [-0.25, -0.2) is 9.78 Å². The van der Waals surface area contributed by atoms with Crippen LogP contribution in [-0.2, 0) is 0 Å². The highest BCUT2D eigenvalue weighted by Crippen LogP contribution is 2.35. The molecule has 1 aliphatic rings. The first-order valence-electron chi connectivity index (χ1n) is 5.91. The highest BCUT2D eigenvalue weighted by molar-refractivity contribution is 6.22. The lowest BCUT2D eigenvalue weighted by molar-refractivity contribution is 0.0690. The number of carboxylic acid groups (broad SMARTS) is 1. The highest BCUT2D eigenvalue weighted by atomic mass is 16.4. The van der Waals surface area contributed by atoms with Crippen molar-refractivity contribution in [3.05, 3.63) is 66.0 Å². The molecular formula is C15H10N2O3. The fourth-order valence-electron chi connectivity index (χ4n) is 2.23. The number of aromatic carboxylic acids is 1. The second-order valence-electron chi connectivity index (χ2n) is 4.34. The second kappa shape index (κ2) is 4.31. The summed E-state index contributed by atoms with van der Waals surface area (Å²) in [6, 6.07) is 10.1. The van der Waals surface area contributed by atoms with Crippen molar-refractivity contribution in [3.63, 3.8) is 0 Å². The monoisotopic (exact) mass is 266 g/mol. The van der Waals surface area contributed by atoms with Gasteiger partial charge in [-0.15, -0.1) is 0 Å². The minimum Gasteiger partial charge on any atom is -0.477 e. The van der Waals surface area contributed by atoms with E-state index in [1.807, 2.05) is 12.1 Å². The van der Waals surface area contributed by atoms with Crippen LogP contribution in [0.15, 0.2) is 49.2 Å². The van der Waals surface area contributed by atoms with E-state index in [0.717, 1.165) is 5.56 Å². The first-order chi connectivity index (χ1) is 9.59. The summed E-state index contributed by atoms with van der Waals surface area (Å²) < 4.78 is 0. The second-order valence-corrected chi connectivity index (χ2v) is 4.34. The maximum atomic E-state index is 12.4. The van der Waals surface area contributed by atoms with Crippen LogP contribution < -0.4 is 4.90 Å². The Morgan fingerprint density at radius 3 is 2.55 bits per heavy atom. The summed E-state index contributed by atoms with van der Waals surface area (Å²) >= 11 is 0. The lowest BCUT2D eigenvalue weighted by Gasteiger charge is -2.17. The van der Waals surface area contributed by atoms with Gasteiger partial charge in [-0.1, -0.05) is 24.8 Å². The minimum atomic E-state index is -1.14. The molecule has 0 fully saturated rings. The van der Waals surface area contributed by atoms with Crippen LogP contribution in [0.5, 0.6) is 0 Å². The number of amides is 1. The summed E-state index contributed by atoms with van der Waals surface area (Å²) in [7, 11) is 0. The minimum absolute atomic E-state index is 0.112. The number of carbonyl (C=O) groups excluding carboxylic acids is 1. The molecule has 0 saturated heterocycles. The molecule has 0 bridgehead atoms. The number of hydrogen-bond acceptors (Lipinski definition) is 3. The van der Waals surface area contributed by atoms with Gasteiger partial charge in [0.1, 0.15) is 5.69 Å². The first kappa shape index (κ1) is 12.1. The van der Waals surface area contributed by atoms with Crippen LogP contribution in [0, 0.1) is 0 Å².